The van der Waals surface area contributed by atoms with Gasteiger partial charge >= 0.3 is 0 Å². The van der Waals surface area contributed by atoms with Gasteiger partial charge in [0.05, 0.1) is 0 Å². The van der Waals surface area contributed by atoms with Crippen molar-refractivity contribution in [3.05, 3.63) is 0 Å². The summed E-state index contributed by atoms with van der Waals surface area (Å²) in [5.74, 6) is 0. The Bertz CT molecular complexity index is 95.0. The average molecular weight is 172 g/mol. The summed E-state index contributed by atoms with van der Waals surface area (Å²) in [6.07, 6.45) is 8.96. The zero-order chi connectivity index (χ0) is 8.10. The van der Waals surface area contributed by atoms with E-state index in [1.807, 2.05) is 0 Å². The van der Waals surface area contributed by atoms with Crippen LogP contribution in [-0.4, -0.2) is 11.3 Å². The van der Waals surface area contributed by atoms with Crippen LogP contribution in [0.5, 0.6) is 0 Å². The molecular formula is C10H21P. The smallest absolute Gasteiger partial charge is 0.0234 e. The van der Waals surface area contributed by atoms with Crippen LogP contribution in [-0.2, 0) is 0 Å². The van der Waals surface area contributed by atoms with Gasteiger partial charge in [-0.3, -0.25) is 0 Å². The van der Waals surface area contributed by atoms with Crippen LogP contribution in [0.3, 0.4) is 0 Å². The third-order valence-corrected chi connectivity index (χ3v) is 4.76. The van der Waals surface area contributed by atoms with Gasteiger partial charge in [0.2, 0.25) is 0 Å². The van der Waals surface area contributed by atoms with Gasteiger partial charge in [0.1, 0.15) is 0 Å². The zero-order valence-corrected chi connectivity index (χ0v) is 8.90. The molecule has 1 heteroatoms. The molecule has 2 unspecified atom stereocenters. The van der Waals surface area contributed by atoms with Gasteiger partial charge in [-0.25, -0.2) is 0 Å². The Balaban J connectivity index is 2.13. The lowest BCUT2D eigenvalue weighted by atomic mass is 10.0. The summed E-state index contributed by atoms with van der Waals surface area (Å²) in [6.45, 7) is 4.73. The van der Waals surface area contributed by atoms with Crippen LogP contribution < -0.4 is 0 Å². The molecule has 0 aromatic heterocycles. The Hall–Kier alpha value is 0.430. The Morgan fingerprint density at radius 2 is 1.91 bits per heavy atom. The molecule has 0 bridgehead atoms. The zero-order valence-electron chi connectivity index (χ0n) is 7.90. The Morgan fingerprint density at radius 1 is 1.27 bits per heavy atom. The van der Waals surface area contributed by atoms with Gasteiger partial charge in [-0.1, -0.05) is 33.1 Å². The molecule has 11 heavy (non-hydrogen) atoms. The van der Waals surface area contributed by atoms with Crippen LogP contribution in [0, 0.1) is 0 Å². The highest BCUT2D eigenvalue weighted by Crippen LogP contribution is 2.36. The lowest BCUT2D eigenvalue weighted by Gasteiger charge is -2.24. The van der Waals surface area contributed by atoms with Gasteiger partial charge in [0.25, 0.3) is 0 Å². The molecule has 66 valence electrons. The fraction of sp³-hybridized carbons (Fsp3) is 1.00. The molecule has 0 heterocycles. The molecule has 0 N–H and O–H groups in total. The molecule has 1 aliphatic rings. The van der Waals surface area contributed by atoms with Crippen LogP contribution in [0.25, 0.3) is 0 Å². The highest BCUT2D eigenvalue weighted by atomic mass is 31.1. The fourth-order valence-corrected chi connectivity index (χ4v) is 3.57. The maximum Gasteiger partial charge on any atom is -0.0234 e. The molecule has 0 amide bonds. The van der Waals surface area contributed by atoms with Crippen LogP contribution >= 0.6 is 8.58 Å². The number of hydrogen-bond donors (Lipinski definition) is 0. The monoisotopic (exact) mass is 172 g/mol. The van der Waals surface area contributed by atoms with Crippen LogP contribution in [0.15, 0.2) is 0 Å². The first-order chi connectivity index (χ1) is 5.33. The van der Waals surface area contributed by atoms with Crippen molar-refractivity contribution in [2.24, 2.45) is 0 Å². The molecule has 1 fully saturated rings. The maximum absolute atomic E-state index is 2.41. The lowest BCUT2D eigenvalue weighted by Crippen LogP contribution is -2.09. The van der Waals surface area contributed by atoms with E-state index >= 15 is 0 Å². The summed E-state index contributed by atoms with van der Waals surface area (Å²) in [7, 11) is 1.26. The summed E-state index contributed by atoms with van der Waals surface area (Å²) in [5, 5.41) is 0. The summed E-state index contributed by atoms with van der Waals surface area (Å²) < 4.78 is 0. The summed E-state index contributed by atoms with van der Waals surface area (Å²) >= 11 is 0. The summed E-state index contributed by atoms with van der Waals surface area (Å²) in [4.78, 5) is 0. The molecule has 0 nitrogen and oxygen atoms in total. The minimum absolute atomic E-state index is 0.998. The molecule has 0 radical (unpaired) electrons. The van der Waals surface area contributed by atoms with Crippen LogP contribution in [0.4, 0.5) is 0 Å². The van der Waals surface area contributed by atoms with Crippen molar-refractivity contribution in [2.45, 2.75) is 63.7 Å². The van der Waals surface area contributed by atoms with Crippen molar-refractivity contribution < 1.29 is 0 Å². The van der Waals surface area contributed by atoms with Crippen LogP contribution in [0.1, 0.15) is 52.4 Å². The molecule has 1 rings (SSSR count). The largest absolute Gasteiger partial charge is 0.116 e. The second-order valence-electron chi connectivity index (χ2n) is 3.81. The quantitative estimate of drug-likeness (QED) is 0.568. The predicted octanol–water partition coefficient (Wildman–Crippen LogP) is 3.80. The predicted molar refractivity (Wildman–Crippen MR) is 54.9 cm³/mol. The minimum atomic E-state index is 0.998. The van der Waals surface area contributed by atoms with E-state index in [1.54, 1.807) is 0 Å². The maximum atomic E-state index is 2.41. The highest BCUT2D eigenvalue weighted by molar-refractivity contribution is 7.39. The van der Waals surface area contributed by atoms with Crippen molar-refractivity contribution >= 4 is 8.58 Å². The Labute approximate surface area is 72.9 Å². The first-order valence-electron chi connectivity index (χ1n) is 5.09. The van der Waals surface area contributed by atoms with Crippen LogP contribution in [0.2, 0.25) is 0 Å². The molecule has 0 aromatic rings. The molecule has 0 aromatic carbocycles. The number of hydrogen-bond acceptors (Lipinski definition) is 0. The van der Waals surface area contributed by atoms with Gasteiger partial charge in [-0.2, -0.15) is 0 Å². The second-order valence-corrected chi connectivity index (χ2v) is 5.95. The third kappa shape index (κ3) is 3.56. The standard InChI is InChI=1S/C10H21P/c1-3-9(2)11-10-7-5-4-6-8-10/h9-11H,3-8H2,1-2H3. The Kier molecular flexibility index (Phi) is 4.45. The molecule has 0 aliphatic heterocycles. The third-order valence-electron chi connectivity index (χ3n) is 2.74. The van der Waals surface area contributed by atoms with Gasteiger partial charge in [-0.15, -0.1) is 8.58 Å². The average Bonchev–Trinajstić information content (AvgIpc) is 2.06. The molecule has 1 aliphatic carbocycles. The van der Waals surface area contributed by atoms with Crippen molar-refractivity contribution in [1.29, 1.82) is 0 Å². The minimum Gasteiger partial charge on any atom is -0.116 e. The van der Waals surface area contributed by atoms with E-state index in [4.69, 9.17) is 0 Å². The fourth-order valence-electron chi connectivity index (χ4n) is 1.79. The van der Waals surface area contributed by atoms with Gasteiger partial charge in [0.15, 0.2) is 0 Å². The summed E-state index contributed by atoms with van der Waals surface area (Å²) in [6, 6.07) is 0. The van der Waals surface area contributed by atoms with Gasteiger partial charge in [0, 0.05) is 0 Å². The van der Waals surface area contributed by atoms with E-state index in [9.17, 15) is 0 Å². The molecule has 1 saturated carbocycles. The van der Waals surface area contributed by atoms with Gasteiger partial charge in [-0.05, 0) is 30.6 Å². The van der Waals surface area contributed by atoms with Crippen molar-refractivity contribution in [3.8, 4) is 0 Å². The first kappa shape index (κ1) is 9.52. The highest BCUT2D eigenvalue weighted by Gasteiger charge is 2.14. The number of rotatable bonds is 3. The lowest BCUT2D eigenvalue weighted by molar-refractivity contribution is 0.511. The molecule has 2 atom stereocenters. The Morgan fingerprint density at radius 3 is 2.45 bits per heavy atom. The van der Waals surface area contributed by atoms with E-state index in [1.165, 1.54) is 47.1 Å². The van der Waals surface area contributed by atoms with E-state index < -0.39 is 0 Å². The van der Waals surface area contributed by atoms with Crippen molar-refractivity contribution in [2.75, 3.05) is 0 Å². The molecule has 0 saturated heterocycles. The van der Waals surface area contributed by atoms with Crippen molar-refractivity contribution in [3.63, 3.8) is 0 Å². The van der Waals surface area contributed by atoms with E-state index in [-0.39, 0.29) is 0 Å². The van der Waals surface area contributed by atoms with E-state index in [0.29, 0.717) is 0 Å². The van der Waals surface area contributed by atoms with E-state index in [0.717, 1.165) is 11.3 Å². The molecule has 0 spiro atoms. The molecular weight excluding hydrogens is 151 g/mol. The van der Waals surface area contributed by atoms with E-state index in [2.05, 4.69) is 13.8 Å². The van der Waals surface area contributed by atoms with Gasteiger partial charge < -0.3 is 0 Å². The first-order valence-corrected chi connectivity index (χ1v) is 6.24. The topological polar surface area (TPSA) is 0 Å². The SMILES string of the molecule is CCC(C)PC1CCCCC1. The normalized spacial score (nSPS) is 24.5. The van der Waals surface area contributed by atoms with Crippen molar-refractivity contribution in [1.82, 2.24) is 0 Å². The second kappa shape index (κ2) is 5.14. The summed E-state index contributed by atoms with van der Waals surface area (Å²) in [5.41, 5.74) is 2.11.